The fourth-order valence-corrected chi connectivity index (χ4v) is 6.98. The molecule has 304 valence electrons. The van der Waals surface area contributed by atoms with E-state index in [4.69, 9.17) is 14.2 Å². The third-order valence-corrected chi connectivity index (χ3v) is 11.0. The van der Waals surface area contributed by atoms with Gasteiger partial charge in [-0.2, -0.15) is 9.98 Å². The van der Waals surface area contributed by atoms with E-state index >= 15 is 0 Å². The van der Waals surface area contributed by atoms with Crippen LogP contribution in [0.2, 0.25) is 0 Å². The lowest BCUT2D eigenvalue weighted by Gasteiger charge is -2.26. The van der Waals surface area contributed by atoms with Gasteiger partial charge < -0.3 is 19.3 Å². The number of ether oxygens (including phenoxy) is 3. The van der Waals surface area contributed by atoms with Crippen LogP contribution in [0.4, 0.5) is 11.4 Å². The SMILES string of the molecule is CC(C)(c1ccc(O)cc1)c1ccc(Oc2nc(Oc3ccc(C(C)(C)c4ccc(N=C=O)cc4)cc3)nc(Oc3ccc(C(C)(C)c4ccc(N=C=O)cc4)cc3)n2)cc1. The number of nitrogens with zero attached hydrogens (tertiary/aromatic N) is 5. The van der Waals surface area contributed by atoms with Crippen molar-refractivity contribution < 1.29 is 28.9 Å². The van der Waals surface area contributed by atoms with Crippen LogP contribution in [0.1, 0.15) is 74.9 Å². The Morgan fingerprint density at radius 3 is 0.869 bits per heavy atom. The van der Waals surface area contributed by atoms with E-state index in [-0.39, 0.29) is 40.0 Å². The van der Waals surface area contributed by atoms with Crippen molar-refractivity contribution in [2.75, 3.05) is 0 Å². The first-order valence-corrected chi connectivity index (χ1v) is 19.5. The number of hydrogen-bond acceptors (Lipinski definition) is 11. The summed E-state index contributed by atoms with van der Waals surface area (Å²) in [6, 6.07) is 44.9. The summed E-state index contributed by atoms with van der Waals surface area (Å²) >= 11 is 0. The second kappa shape index (κ2) is 17.3. The first-order chi connectivity index (χ1) is 29.2. The van der Waals surface area contributed by atoms with Crippen LogP contribution in [0.15, 0.2) is 156 Å². The van der Waals surface area contributed by atoms with Gasteiger partial charge in [-0.3, -0.25) is 0 Å². The van der Waals surface area contributed by atoms with E-state index in [0.717, 1.165) is 33.4 Å². The molecule has 0 radical (unpaired) electrons. The van der Waals surface area contributed by atoms with E-state index in [1.165, 1.54) is 0 Å². The summed E-state index contributed by atoms with van der Waals surface area (Å²) in [5.41, 5.74) is 6.24. The Balaban J connectivity index is 1.14. The lowest BCUT2D eigenvalue weighted by Crippen LogP contribution is -2.18. The lowest BCUT2D eigenvalue weighted by atomic mass is 9.78. The third-order valence-electron chi connectivity index (χ3n) is 11.0. The highest BCUT2D eigenvalue weighted by atomic mass is 16.5. The molecule has 0 spiro atoms. The minimum absolute atomic E-state index is 0.0363. The van der Waals surface area contributed by atoms with Crippen molar-refractivity contribution in [1.82, 2.24) is 15.0 Å². The summed E-state index contributed by atoms with van der Waals surface area (Å²) in [7, 11) is 0. The number of aromatic nitrogens is 3. The highest BCUT2D eigenvalue weighted by molar-refractivity contribution is 5.53. The molecule has 11 nitrogen and oxygen atoms in total. The molecule has 6 aromatic carbocycles. The van der Waals surface area contributed by atoms with Crippen molar-refractivity contribution in [2.45, 2.75) is 57.8 Å². The molecule has 0 unspecified atom stereocenters. The number of hydrogen-bond donors (Lipinski definition) is 1. The molecule has 0 atom stereocenters. The Morgan fingerprint density at radius 2 is 0.623 bits per heavy atom. The van der Waals surface area contributed by atoms with E-state index < -0.39 is 0 Å². The molecule has 0 aliphatic carbocycles. The summed E-state index contributed by atoms with van der Waals surface area (Å²) in [5, 5.41) is 9.80. The molecule has 0 amide bonds. The van der Waals surface area contributed by atoms with Crippen molar-refractivity contribution in [1.29, 1.82) is 0 Å². The van der Waals surface area contributed by atoms with Gasteiger partial charge in [0, 0.05) is 16.2 Å². The molecule has 1 N–H and O–H groups in total. The number of phenolic OH excluding ortho intramolecular Hbond substituents is 1. The summed E-state index contributed by atoms with van der Waals surface area (Å²) in [4.78, 5) is 42.3. The Hall–Kier alpha value is -7.71. The van der Waals surface area contributed by atoms with E-state index in [2.05, 4.69) is 66.5 Å². The molecule has 0 aliphatic heterocycles. The first-order valence-electron chi connectivity index (χ1n) is 19.5. The average Bonchev–Trinajstić information content (AvgIpc) is 3.25. The van der Waals surface area contributed by atoms with Gasteiger partial charge in [-0.15, -0.1) is 15.0 Å². The highest BCUT2D eigenvalue weighted by Crippen LogP contribution is 2.37. The molecule has 0 fully saturated rings. The highest BCUT2D eigenvalue weighted by Gasteiger charge is 2.26. The van der Waals surface area contributed by atoms with Crippen molar-refractivity contribution in [3.05, 3.63) is 179 Å². The van der Waals surface area contributed by atoms with Gasteiger partial charge >= 0.3 is 18.0 Å². The molecule has 0 bridgehead atoms. The van der Waals surface area contributed by atoms with Crippen LogP contribution in [0.25, 0.3) is 0 Å². The molecule has 0 aliphatic rings. The molecule has 0 saturated carbocycles. The monoisotopic (exact) mass is 809 g/mol. The number of isocyanates is 2. The van der Waals surface area contributed by atoms with Gasteiger partial charge in [-0.05, 0) is 106 Å². The van der Waals surface area contributed by atoms with Gasteiger partial charge in [0.25, 0.3) is 0 Å². The third kappa shape index (κ3) is 9.45. The minimum atomic E-state index is -0.368. The molecule has 7 rings (SSSR count). The number of benzene rings is 6. The summed E-state index contributed by atoms with van der Waals surface area (Å²) in [6.07, 6.45) is 3.15. The number of aromatic hydroxyl groups is 1. The van der Waals surface area contributed by atoms with E-state index in [0.29, 0.717) is 28.6 Å². The zero-order chi connectivity index (χ0) is 43.2. The van der Waals surface area contributed by atoms with Crippen LogP contribution in [0.3, 0.4) is 0 Å². The number of rotatable bonds is 14. The zero-order valence-electron chi connectivity index (χ0n) is 34.6. The van der Waals surface area contributed by atoms with Crippen LogP contribution in [-0.4, -0.2) is 32.2 Å². The van der Waals surface area contributed by atoms with Crippen molar-refractivity contribution in [2.24, 2.45) is 9.98 Å². The van der Waals surface area contributed by atoms with Crippen LogP contribution in [0, 0.1) is 0 Å². The van der Waals surface area contributed by atoms with Gasteiger partial charge in [0.1, 0.15) is 23.0 Å². The fraction of sp³-hybridized carbons (Fsp3) is 0.180. The largest absolute Gasteiger partial charge is 0.508 e. The molecule has 1 heterocycles. The second-order valence-electron chi connectivity index (χ2n) is 16.0. The van der Waals surface area contributed by atoms with Crippen molar-refractivity contribution in [3.63, 3.8) is 0 Å². The van der Waals surface area contributed by atoms with Gasteiger partial charge in [0.2, 0.25) is 12.2 Å². The number of phenols is 1. The van der Waals surface area contributed by atoms with Crippen LogP contribution >= 0.6 is 0 Å². The number of carbonyl (C=O) groups excluding carboxylic acids is 2. The molecule has 1 aromatic heterocycles. The second-order valence-corrected chi connectivity index (χ2v) is 16.0. The van der Waals surface area contributed by atoms with Gasteiger partial charge in [-0.25, -0.2) is 9.59 Å². The predicted octanol–water partition coefficient (Wildman–Crippen LogP) is 11.9. The topological polar surface area (TPSA) is 145 Å². The normalized spacial score (nSPS) is 11.5. The standard InChI is InChI=1S/C50H43N5O6/c1-48(2,33-7-19-39(20-8-33)51-31-56)36-13-25-42(26-14-36)59-45-53-46(60-43-27-15-37(16-28-43)49(3,4)34-9-21-40(22-10-34)52-32-57)55-47(54-45)61-44-29-17-38(18-30-44)50(5,6)35-11-23-41(58)24-12-35/h7-30,58H,1-6H3. The molecule has 0 saturated heterocycles. The van der Waals surface area contributed by atoms with E-state index in [1.54, 1.807) is 48.6 Å². The maximum absolute atomic E-state index is 10.7. The Morgan fingerprint density at radius 1 is 0.393 bits per heavy atom. The Bertz CT molecular complexity index is 2580. The van der Waals surface area contributed by atoms with Gasteiger partial charge in [-0.1, -0.05) is 114 Å². The fourth-order valence-electron chi connectivity index (χ4n) is 6.98. The molecular weight excluding hydrogens is 767 g/mol. The van der Waals surface area contributed by atoms with Crippen molar-refractivity contribution in [3.8, 4) is 41.0 Å². The van der Waals surface area contributed by atoms with Crippen LogP contribution in [-0.2, 0) is 25.8 Å². The van der Waals surface area contributed by atoms with Gasteiger partial charge in [0.15, 0.2) is 0 Å². The Kier molecular flexibility index (Phi) is 11.7. The molecule has 11 heteroatoms. The van der Waals surface area contributed by atoms with E-state index in [1.807, 2.05) is 109 Å². The Labute approximate surface area is 354 Å². The van der Waals surface area contributed by atoms with Gasteiger partial charge in [0.05, 0.1) is 11.4 Å². The summed E-state index contributed by atoms with van der Waals surface area (Å²) in [6.45, 7) is 12.7. The lowest BCUT2D eigenvalue weighted by molar-refractivity contribution is 0.362. The quantitative estimate of drug-likeness (QED) is 0.0837. The number of aliphatic imine (C=N–C) groups is 2. The van der Waals surface area contributed by atoms with Crippen LogP contribution < -0.4 is 14.2 Å². The van der Waals surface area contributed by atoms with E-state index in [9.17, 15) is 14.7 Å². The first kappa shape index (κ1) is 41.4. The molecule has 7 aromatic rings. The average molecular weight is 810 g/mol. The zero-order valence-corrected chi connectivity index (χ0v) is 34.6. The van der Waals surface area contributed by atoms with Crippen LogP contribution in [0.5, 0.6) is 41.0 Å². The van der Waals surface area contributed by atoms with Crippen molar-refractivity contribution >= 4 is 23.5 Å². The predicted molar refractivity (Wildman–Crippen MR) is 232 cm³/mol. The maximum atomic E-state index is 10.7. The minimum Gasteiger partial charge on any atom is -0.508 e. The molecule has 61 heavy (non-hydrogen) atoms. The smallest absolute Gasteiger partial charge is 0.331 e. The maximum Gasteiger partial charge on any atom is 0.331 e. The summed E-state index contributed by atoms with van der Waals surface area (Å²) in [5.74, 6) is 1.67. The summed E-state index contributed by atoms with van der Waals surface area (Å²) < 4.78 is 18.6. The molecular formula is C50H43N5O6.